The largest absolute Gasteiger partial charge is 0.465 e. The Morgan fingerprint density at radius 3 is 2.58 bits per heavy atom. The number of nitrogens with zero attached hydrogens (tertiary/aromatic N) is 1. The molecule has 1 aliphatic heterocycles. The highest BCUT2D eigenvalue weighted by Crippen LogP contribution is 2.22. The van der Waals surface area contributed by atoms with Gasteiger partial charge in [0.05, 0.1) is 18.6 Å². The average molecular weight is 450 g/mol. The molecule has 0 spiro atoms. The van der Waals surface area contributed by atoms with Gasteiger partial charge in [-0.15, -0.1) is 0 Å². The second-order valence-corrected chi connectivity index (χ2v) is 9.07. The van der Waals surface area contributed by atoms with Gasteiger partial charge in [0.25, 0.3) is 10.0 Å². The number of carbonyl (C=O) groups is 2. The van der Waals surface area contributed by atoms with Crippen LogP contribution in [-0.2, 0) is 26.1 Å². The lowest BCUT2D eigenvalue weighted by molar-refractivity contribution is -0.123. The highest BCUT2D eigenvalue weighted by Gasteiger charge is 2.24. The van der Waals surface area contributed by atoms with E-state index < -0.39 is 26.7 Å². The smallest absolute Gasteiger partial charge is 0.337 e. The fraction of sp³-hybridized carbons (Fsp3) is 0.333. The van der Waals surface area contributed by atoms with E-state index in [0.717, 1.165) is 50.3 Å². The van der Waals surface area contributed by atoms with Crippen LogP contribution in [0.15, 0.2) is 47.4 Å². The molecule has 0 aliphatic carbocycles. The predicted molar refractivity (Wildman–Crippen MR) is 112 cm³/mol. The van der Waals surface area contributed by atoms with Gasteiger partial charge < -0.3 is 10.5 Å². The number of ether oxygens (including phenoxy) is 1. The Labute approximate surface area is 180 Å². The summed E-state index contributed by atoms with van der Waals surface area (Å²) in [6.07, 6.45) is 1.68. The van der Waals surface area contributed by atoms with E-state index in [2.05, 4.69) is 14.4 Å². The van der Waals surface area contributed by atoms with Gasteiger partial charge in [0, 0.05) is 18.8 Å². The van der Waals surface area contributed by atoms with E-state index >= 15 is 0 Å². The van der Waals surface area contributed by atoms with Crippen LogP contribution in [0.3, 0.4) is 0 Å². The molecule has 1 amide bonds. The monoisotopic (exact) mass is 449 g/mol. The summed E-state index contributed by atoms with van der Waals surface area (Å²) in [5.41, 5.74) is 6.52. The van der Waals surface area contributed by atoms with Crippen LogP contribution in [0.2, 0.25) is 0 Å². The van der Waals surface area contributed by atoms with E-state index in [1.165, 1.54) is 0 Å². The number of primary amides is 1. The van der Waals surface area contributed by atoms with Crippen molar-refractivity contribution in [3.8, 4) is 0 Å². The molecule has 1 aliphatic rings. The summed E-state index contributed by atoms with van der Waals surface area (Å²) in [6, 6.07) is 9.65. The molecule has 0 saturated carbocycles. The summed E-state index contributed by atoms with van der Waals surface area (Å²) in [4.78, 5) is 24.5. The molecule has 31 heavy (non-hydrogen) atoms. The van der Waals surface area contributed by atoms with Crippen molar-refractivity contribution in [1.82, 2.24) is 4.90 Å². The molecule has 1 unspecified atom stereocenters. The van der Waals surface area contributed by atoms with Crippen LogP contribution in [0.1, 0.15) is 28.8 Å². The Balaban J connectivity index is 1.71. The minimum absolute atomic E-state index is 0.0737. The molecule has 0 bridgehead atoms. The molecule has 3 rings (SSSR count). The van der Waals surface area contributed by atoms with Gasteiger partial charge in [0.2, 0.25) is 5.91 Å². The minimum atomic E-state index is -4.26. The van der Waals surface area contributed by atoms with Crippen molar-refractivity contribution < 1.29 is 27.1 Å². The van der Waals surface area contributed by atoms with E-state index in [-0.39, 0.29) is 23.1 Å². The fourth-order valence-electron chi connectivity index (χ4n) is 3.53. The zero-order valence-corrected chi connectivity index (χ0v) is 17.8. The van der Waals surface area contributed by atoms with Crippen molar-refractivity contribution in [3.63, 3.8) is 0 Å². The van der Waals surface area contributed by atoms with Gasteiger partial charge >= 0.3 is 5.97 Å². The molecule has 2 aromatic carbocycles. The molecule has 1 atom stereocenters. The highest BCUT2D eigenvalue weighted by molar-refractivity contribution is 7.92. The number of nitrogens with two attached hydrogens (primary N) is 1. The molecular weight excluding hydrogens is 425 g/mol. The van der Waals surface area contributed by atoms with Crippen molar-refractivity contribution >= 4 is 27.6 Å². The van der Waals surface area contributed by atoms with Crippen molar-refractivity contribution in [2.24, 2.45) is 11.7 Å². The van der Waals surface area contributed by atoms with Crippen LogP contribution in [-0.4, -0.2) is 45.4 Å². The number of halogens is 1. The average Bonchev–Trinajstić information content (AvgIpc) is 2.74. The molecule has 8 nitrogen and oxygen atoms in total. The summed E-state index contributed by atoms with van der Waals surface area (Å²) in [5.74, 6) is -2.20. The van der Waals surface area contributed by atoms with E-state index in [9.17, 15) is 22.4 Å². The number of hydrogen-bond acceptors (Lipinski definition) is 6. The zero-order chi connectivity index (χ0) is 22.6. The number of carbonyl (C=O) groups excluding carboxylic acids is 2. The van der Waals surface area contributed by atoms with Crippen LogP contribution in [0.5, 0.6) is 0 Å². The van der Waals surface area contributed by atoms with Gasteiger partial charge in [0.1, 0.15) is 10.7 Å². The predicted octanol–water partition coefficient (Wildman–Crippen LogP) is 2.11. The second kappa shape index (κ2) is 9.44. The van der Waals surface area contributed by atoms with Gasteiger partial charge in [-0.1, -0.05) is 12.1 Å². The number of anilines is 1. The van der Waals surface area contributed by atoms with Crippen molar-refractivity contribution in [1.29, 1.82) is 0 Å². The summed E-state index contributed by atoms with van der Waals surface area (Å²) in [7, 11) is -3.11. The van der Waals surface area contributed by atoms with Crippen LogP contribution in [0, 0.1) is 11.7 Å². The Morgan fingerprint density at radius 1 is 1.23 bits per heavy atom. The maximum atomic E-state index is 14.1. The van der Waals surface area contributed by atoms with E-state index in [1.54, 1.807) is 24.3 Å². The first-order chi connectivity index (χ1) is 14.7. The number of esters is 1. The Morgan fingerprint density at radius 2 is 1.94 bits per heavy atom. The van der Waals surface area contributed by atoms with E-state index in [4.69, 9.17) is 5.73 Å². The fourth-order valence-corrected chi connectivity index (χ4v) is 4.70. The van der Waals surface area contributed by atoms with Crippen LogP contribution in [0.25, 0.3) is 0 Å². The molecule has 1 saturated heterocycles. The second-order valence-electron chi connectivity index (χ2n) is 7.42. The molecule has 0 aromatic heterocycles. The van der Waals surface area contributed by atoms with Gasteiger partial charge in [-0.25, -0.2) is 17.6 Å². The lowest BCUT2D eigenvalue weighted by Crippen LogP contribution is -2.40. The van der Waals surface area contributed by atoms with Crippen LogP contribution >= 0.6 is 0 Å². The molecular formula is C21H24FN3O5S. The number of nitrogens with one attached hydrogen (secondary N) is 1. The summed E-state index contributed by atoms with van der Waals surface area (Å²) in [6.45, 7) is 2.06. The SMILES string of the molecule is COC(=O)c1ccc(F)c(S(=O)(=O)Nc2ccc(CN3CCCC(C(N)=O)C3)cc2)c1. The quantitative estimate of drug-likeness (QED) is 0.625. The minimum Gasteiger partial charge on any atom is -0.465 e. The Hall–Kier alpha value is -2.98. The van der Waals surface area contributed by atoms with Crippen LogP contribution < -0.4 is 10.5 Å². The standard InChI is InChI=1S/C21H24FN3O5S/c1-30-21(27)15-6-9-18(22)19(11-15)31(28,29)24-17-7-4-14(5-8-17)12-25-10-2-3-16(13-25)20(23)26/h4-9,11,16,24H,2-3,10,12-13H2,1H3,(H2,23,26). The third-order valence-corrected chi connectivity index (χ3v) is 6.56. The summed E-state index contributed by atoms with van der Waals surface area (Å²) < 4.78 is 46.3. The van der Waals surface area contributed by atoms with E-state index in [1.807, 2.05) is 0 Å². The van der Waals surface area contributed by atoms with Gasteiger partial charge in [-0.05, 0) is 55.3 Å². The maximum absolute atomic E-state index is 14.1. The number of sulfonamides is 1. The first-order valence-corrected chi connectivity index (χ1v) is 11.2. The molecule has 10 heteroatoms. The third kappa shape index (κ3) is 5.59. The van der Waals surface area contributed by atoms with Crippen LogP contribution in [0.4, 0.5) is 10.1 Å². The van der Waals surface area contributed by atoms with Gasteiger partial charge in [0.15, 0.2) is 0 Å². The first-order valence-electron chi connectivity index (χ1n) is 9.71. The van der Waals surface area contributed by atoms with Gasteiger partial charge in [-0.2, -0.15) is 0 Å². The van der Waals surface area contributed by atoms with E-state index in [0.29, 0.717) is 13.1 Å². The Bertz CT molecular complexity index is 1070. The molecule has 1 fully saturated rings. The van der Waals surface area contributed by atoms with Crippen molar-refractivity contribution in [2.45, 2.75) is 24.3 Å². The third-order valence-electron chi connectivity index (χ3n) is 5.16. The number of rotatable bonds is 7. The topological polar surface area (TPSA) is 119 Å². The summed E-state index contributed by atoms with van der Waals surface area (Å²) >= 11 is 0. The summed E-state index contributed by atoms with van der Waals surface area (Å²) in [5, 5.41) is 0. The van der Waals surface area contributed by atoms with Crippen molar-refractivity contribution in [3.05, 3.63) is 59.4 Å². The molecule has 1 heterocycles. The zero-order valence-electron chi connectivity index (χ0n) is 17.0. The normalized spacial score (nSPS) is 17.2. The highest BCUT2D eigenvalue weighted by atomic mass is 32.2. The molecule has 166 valence electrons. The lowest BCUT2D eigenvalue weighted by atomic mass is 9.97. The number of amides is 1. The first kappa shape index (κ1) is 22.7. The van der Waals surface area contributed by atoms with Crippen molar-refractivity contribution in [2.75, 3.05) is 24.9 Å². The Kier molecular flexibility index (Phi) is 6.91. The number of benzene rings is 2. The number of likely N-dealkylation sites (tertiary alicyclic amines) is 1. The number of hydrogen-bond donors (Lipinski definition) is 2. The molecule has 0 radical (unpaired) electrons. The molecule has 3 N–H and O–H groups in total. The molecule has 2 aromatic rings. The maximum Gasteiger partial charge on any atom is 0.337 e. The van der Waals surface area contributed by atoms with Gasteiger partial charge in [-0.3, -0.25) is 14.4 Å². The number of methoxy groups -OCH3 is 1. The lowest BCUT2D eigenvalue weighted by Gasteiger charge is -2.31. The number of piperidine rings is 1.